The second kappa shape index (κ2) is 2.37. The Morgan fingerprint density at radius 3 is 3.25 bits per heavy atom. The van der Waals surface area contributed by atoms with Crippen molar-refractivity contribution in [2.75, 3.05) is 11.9 Å². The van der Waals surface area contributed by atoms with Gasteiger partial charge in [0.25, 0.3) is 0 Å². The number of hydrogen-bond acceptors (Lipinski definition) is 3. The van der Waals surface area contributed by atoms with E-state index in [0.29, 0.717) is 0 Å². The van der Waals surface area contributed by atoms with Gasteiger partial charge in [0.15, 0.2) is 5.75 Å². The van der Waals surface area contributed by atoms with Gasteiger partial charge in [0.1, 0.15) is 5.60 Å². The maximum absolute atomic E-state index is 5.69. The standard InChI is InChI=1S/C9H12N2O/c1-9(2)6-11-7-3-4-10-5-8(7)12-9/h3-5,11H,6H2,1-2H3. The molecule has 0 aliphatic carbocycles. The van der Waals surface area contributed by atoms with Gasteiger partial charge < -0.3 is 10.1 Å². The summed E-state index contributed by atoms with van der Waals surface area (Å²) in [5, 5.41) is 3.29. The summed E-state index contributed by atoms with van der Waals surface area (Å²) in [4.78, 5) is 4.00. The lowest BCUT2D eigenvalue weighted by atomic mass is 10.1. The summed E-state index contributed by atoms with van der Waals surface area (Å²) in [6, 6.07) is 1.92. The van der Waals surface area contributed by atoms with Crippen LogP contribution in [0.1, 0.15) is 13.8 Å². The number of fused-ring (bicyclic) bond motifs is 1. The van der Waals surface area contributed by atoms with Crippen LogP contribution in [-0.4, -0.2) is 17.1 Å². The van der Waals surface area contributed by atoms with Crippen LogP contribution in [0.25, 0.3) is 0 Å². The molecule has 3 nitrogen and oxygen atoms in total. The fourth-order valence-electron chi connectivity index (χ4n) is 1.25. The van der Waals surface area contributed by atoms with Gasteiger partial charge in [-0.3, -0.25) is 4.98 Å². The summed E-state index contributed by atoms with van der Waals surface area (Å²) < 4.78 is 5.69. The molecule has 0 saturated carbocycles. The molecule has 3 heteroatoms. The molecule has 1 N–H and O–H groups in total. The first-order chi connectivity index (χ1) is 5.67. The van der Waals surface area contributed by atoms with E-state index in [4.69, 9.17) is 4.74 Å². The third-order valence-corrected chi connectivity index (χ3v) is 1.88. The highest BCUT2D eigenvalue weighted by Crippen LogP contribution is 2.30. The van der Waals surface area contributed by atoms with Gasteiger partial charge in [0, 0.05) is 6.20 Å². The van der Waals surface area contributed by atoms with Crippen LogP contribution < -0.4 is 10.1 Å². The molecule has 0 atom stereocenters. The third kappa shape index (κ3) is 1.22. The molecule has 0 radical (unpaired) electrons. The molecule has 64 valence electrons. The Labute approximate surface area is 71.8 Å². The van der Waals surface area contributed by atoms with Crippen molar-refractivity contribution in [3.05, 3.63) is 18.5 Å². The lowest BCUT2D eigenvalue weighted by Gasteiger charge is -2.32. The Hall–Kier alpha value is -1.25. The van der Waals surface area contributed by atoms with Crippen LogP contribution in [0.5, 0.6) is 5.75 Å². The zero-order chi connectivity index (χ0) is 8.60. The van der Waals surface area contributed by atoms with Crippen molar-refractivity contribution >= 4 is 5.69 Å². The van der Waals surface area contributed by atoms with Crippen molar-refractivity contribution in [2.24, 2.45) is 0 Å². The zero-order valence-electron chi connectivity index (χ0n) is 7.29. The van der Waals surface area contributed by atoms with Gasteiger partial charge in [0.2, 0.25) is 0 Å². The van der Waals surface area contributed by atoms with Crippen LogP contribution in [0, 0.1) is 0 Å². The fourth-order valence-corrected chi connectivity index (χ4v) is 1.25. The van der Waals surface area contributed by atoms with E-state index in [2.05, 4.69) is 24.1 Å². The van der Waals surface area contributed by atoms with E-state index in [1.807, 2.05) is 6.07 Å². The van der Waals surface area contributed by atoms with E-state index in [1.54, 1.807) is 12.4 Å². The Morgan fingerprint density at radius 2 is 2.42 bits per heavy atom. The zero-order valence-corrected chi connectivity index (χ0v) is 7.29. The van der Waals surface area contributed by atoms with E-state index < -0.39 is 0 Å². The molecule has 1 aliphatic heterocycles. The Bertz CT molecular complexity index is 296. The van der Waals surface area contributed by atoms with Crippen LogP contribution in [0.4, 0.5) is 5.69 Å². The van der Waals surface area contributed by atoms with E-state index >= 15 is 0 Å². The largest absolute Gasteiger partial charge is 0.482 e. The van der Waals surface area contributed by atoms with Gasteiger partial charge in [0.05, 0.1) is 18.4 Å². The minimum absolute atomic E-state index is 0.129. The molecule has 2 heterocycles. The number of ether oxygens (including phenoxy) is 1. The monoisotopic (exact) mass is 164 g/mol. The number of anilines is 1. The second-order valence-corrected chi connectivity index (χ2v) is 3.59. The van der Waals surface area contributed by atoms with Crippen LogP contribution >= 0.6 is 0 Å². The van der Waals surface area contributed by atoms with Crippen LogP contribution in [-0.2, 0) is 0 Å². The molecule has 0 fully saturated rings. The Balaban J connectivity index is 2.35. The molecule has 0 bridgehead atoms. The van der Waals surface area contributed by atoms with Crippen LogP contribution in [0.15, 0.2) is 18.5 Å². The molecule has 1 aliphatic rings. The average molecular weight is 164 g/mol. The Morgan fingerprint density at radius 1 is 1.58 bits per heavy atom. The summed E-state index contributed by atoms with van der Waals surface area (Å²) in [6.07, 6.45) is 3.50. The summed E-state index contributed by atoms with van der Waals surface area (Å²) in [7, 11) is 0. The molecular weight excluding hydrogens is 152 g/mol. The molecule has 0 saturated heterocycles. The first-order valence-electron chi connectivity index (χ1n) is 4.04. The molecule has 0 amide bonds. The predicted octanol–water partition coefficient (Wildman–Crippen LogP) is 1.66. The number of hydrogen-bond donors (Lipinski definition) is 1. The van der Waals surface area contributed by atoms with Crippen molar-refractivity contribution in [1.82, 2.24) is 4.98 Å². The van der Waals surface area contributed by atoms with E-state index in [1.165, 1.54) is 0 Å². The van der Waals surface area contributed by atoms with Crippen molar-refractivity contribution in [3.63, 3.8) is 0 Å². The molecule has 2 rings (SSSR count). The summed E-state index contributed by atoms with van der Waals surface area (Å²) in [6.45, 7) is 4.94. The molecule has 0 spiro atoms. The number of nitrogens with zero attached hydrogens (tertiary/aromatic N) is 1. The lowest BCUT2D eigenvalue weighted by molar-refractivity contribution is 0.115. The highest BCUT2D eigenvalue weighted by Gasteiger charge is 2.25. The number of aromatic nitrogens is 1. The van der Waals surface area contributed by atoms with E-state index in [0.717, 1.165) is 18.0 Å². The quantitative estimate of drug-likeness (QED) is 0.633. The van der Waals surface area contributed by atoms with Gasteiger partial charge in [-0.15, -0.1) is 0 Å². The predicted molar refractivity (Wildman–Crippen MR) is 47.4 cm³/mol. The van der Waals surface area contributed by atoms with Gasteiger partial charge in [-0.25, -0.2) is 0 Å². The highest BCUT2D eigenvalue weighted by molar-refractivity contribution is 5.56. The topological polar surface area (TPSA) is 34.2 Å². The molecular formula is C9H12N2O. The fraction of sp³-hybridized carbons (Fsp3) is 0.444. The molecule has 12 heavy (non-hydrogen) atoms. The lowest BCUT2D eigenvalue weighted by Crippen LogP contribution is -2.39. The molecule has 1 aromatic heterocycles. The summed E-state index contributed by atoms with van der Waals surface area (Å²) in [5.74, 6) is 0.841. The van der Waals surface area contributed by atoms with E-state index in [-0.39, 0.29) is 5.60 Å². The summed E-state index contributed by atoms with van der Waals surface area (Å²) in [5.41, 5.74) is 0.903. The number of rotatable bonds is 0. The third-order valence-electron chi connectivity index (χ3n) is 1.88. The van der Waals surface area contributed by atoms with Crippen LogP contribution in [0.2, 0.25) is 0 Å². The maximum atomic E-state index is 5.69. The molecule has 0 unspecified atom stereocenters. The average Bonchev–Trinajstić information content (AvgIpc) is 2.02. The second-order valence-electron chi connectivity index (χ2n) is 3.59. The SMILES string of the molecule is CC1(C)CNc2ccncc2O1. The van der Waals surface area contributed by atoms with Crippen molar-refractivity contribution in [3.8, 4) is 5.75 Å². The minimum atomic E-state index is -0.129. The maximum Gasteiger partial charge on any atom is 0.161 e. The Kier molecular flexibility index (Phi) is 1.46. The van der Waals surface area contributed by atoms with Crippen molar-refractivity contribution < 1.29 is 4.74 Å². The van der Waals surface area contributed by atoms with Gasteiger partial charge in [-0.2, -0.15) is 0 Å². The normalized spacial score (nSPS) is 18.8. The molecule has 0 aromatic carbocycles. The van der Waals surface area contributed by atoms with Gasteiger partial charge in [-0.05, 0) is 19.9 Å². The summed E-state index contributed by atoms with van der Waals surface area (Å²) >= 11 is 0. The van der Waals surface area contributed by atoms with Gasteiger partial charge in [-0.1, -0.05) is 0 Å². The molecule has 1 aromatic rings. The number of nitrogens with one attached hydrogen (secondary N) is 1. The minimum Gasteiger partial charge on any atom is -0.482 e. The smallest absolute Gasteiger partial charge is 0.161 e. The van der Waals surface area contributed by atoms with E-state index in [9.17, 15) is 0 Å². The van der Waals surface area contributed by atoms with Crippen molar-refractivity contribution in [2.45, 2.75) is 19.4 Å². The number of pyridine rings is 1. The first kappa shape index (κ1) is 7.40. The highest BCUT2D eigenvalue weighted by atomic mass is 16.5. The van der Waals surface area contributed by atoms with Crippen molar-refractivity contribution in [1.29, 1.82) is 0 Å². The first-order valence-corrected chi connectivity index (χ1v) is 4.04. The van der Waals surface area contributed by atoms with Gasteiger partial charge >= 0.3 is 0 Å². The van der Waals surface area contributed by atoms with Crippen LogP contribution in [0.3, 0.4) is 0 Å².